The van der Waals surface area contributed by atoms with Gasteiger partial charge in [-0.1, -0.05) is 6.92 Å². The van der Waals surface area contributed by atoms with E-state index in [9.17, 15) is 9.59 Å². The summed E-state index contributed by atoms with van der Waals surface area (Å²) in [5, 5.41) is 3.35. The monoisotopic (exact) mass is 289 g/mol. The van der Waals surface area contributed by atoms with Crippen molar-refractivity contribution in [3.63, 3.8) is 0 Å². The molecule has 0 spiro atoms. The Hall–Kier alpha value is -0.810. The van der Waals surface area contributed by atoms with Crippen molar-refractivity contribution in [2.75, 3.05) is 19.6 Å². The van der Waals surface area contributed by atoms with Crippen molar-refractivity contribution in [2.24, 2.45) is 11.7 Å². The lowest BCUT2D eigenvalue weighted by Gasteiger charge is -2.38. The molecule has 2 atom stereocenters. The average Bonchev–Trinajstić information content (AvgIpc) is 2.88. The van der Waals surface area contributed by atoms with Gasteiger partial charge in [-0.25, -0.2) is 0 Å². The lowest BCUT2D eigenvalue weighted by Crippen LogP contribution is -2.57. The Morgan fingerprint density at radius 3 is 2.68 bits per heavy atom. The fourth-order valence-corrected chi connectivity index (χ4v) is 3.14. The Kier molecular flexibility index (Phi) is 5.62. The SMILES string of the molecule is CCC1(C(=O)N2CCCC(C(N)=O)C2)CCCN1.Cl. The maximum Gasteiger partial charge on any atom is 0.242 e. The first-order valence-electron chi connectivity index (χ1n) is 6.93. The molecule has 110 valence electrons. The number of hydrogen-bond acceptors (Lipinski definition) is 3. The van der Waals surface area contributed by atoms with E-state index in [0.29, 0.717) is 6.54 Å². The Bertz CT molecular complexity index is 343. The van der Waals surface area contributed by atoms with E-state index in [1.807, 2.05) is 11.8 Å². The molecular weight excluding hydrogens is 266 g/mol. The summed E-state index contributed by atoms with van der Waals surface area (Å²) in [7, 11) is 0. The molecule has 5 nitrogen and oxygen atoms in total. The fraction of sp³-hybridized carbons (Fsp3) is 0.846. The summed E-state index contributed by atoms with van der Waals surface area (Å²) < 4.78 is 0. The standard InChI is InChI=1S/C13H23N3O2.ClH/c1-2-13(6-4-7-15-13)12(18)16-8-3-5-10(9-16)11(14)17;/h10,15H,2-9H2,1H3,(H2,14,17);1H. The molecule has 2 fully saturated rings. The highest BCUT2D eigenvalue weighted by atomic mass is 35.5. The second kappa shape index (κ2) is 6.57. The molecule has 0 aromatic rings. The molecule has 2 aliphatic heterocycles. The molecule has 0 aliphatic carbocycles. The van der Waals surface area contributed by atoms with E-state index in [1.54, 1.807) is 0 Å². The summed E-state index contributed by atoms with van der Waals surface area (Å²) in [5.74, 6) is -0.288. The predicted octanol–water partition coefficient (Wildman–Crippen LogP) is 0.664. The van der Waals surface area contributed by atoms with E-state index in [0.717, 1.165) is 45.2 Å². The number of nitrogens with two attached hydrogens (primary N) is 1. The first-order chi connectivity index (χ1) is 8.59. The van der Waals surface area contributed by atoms with Gasteiger partial charge in [0.1, 0.15) is 0 Å². The van der Waals surface area contributed by atoms with Crippen LogP contribution in [0.3, 0.4) is 0 Å². The van der Waals surface area contributed by atoms with Gasteiger partial charge in [-0.3, -0.25) is 9.59 Å². The van der Waals surface area contributed by atoms with Gasteiger partial charge >= 0.3 is 0 Å². The van der Waals surface area contributed by atoms with Crippen molar-refractivity contribution in [2.45, 2.75) is 44.6 Å². The Morgan fingerprint density at radius 1 is 1.42 bits per heavy atom. The van der Waals surface area contributed by atoms with Crippen LogP contribution in [0.5, 0.6) is 0 Å². The molecule has 2 unspecified atom stereocenters. The van der Waals surface area contributed by atoms with Crippen LogP contribution in [0.15, 0.2) is 0 Å². The third kappa shape index (κ3) is 3.20. The third-order valence-electron chi connectivity index (χ3n) is 4.37. The van der Waals surface area contributed by atoms with Crippen LogP contribution < -0.4 is 11.1 Å². The van der Waals surface area contributed by atoms with Crippen molar-refractivity contribution in [3.05, 3.63) is 0 Å². The first kappa shape index (κ1) is 16.2. The highest BCUT2D eigenvalue weighted by molar-refractivity contribution is 5.87. The number of carbonyl (C=O) groups is 2. The van der Waals surface area contributed by atoms with Crippen molar-refractivity contribution in [1.82, 2.24) is 10.2 Å². The number of nitrogens with zero attached hydrogens (tertiary/aromatic N) is 1. The number of piperidine rings is 1. The second-order valence-corrected chi connectivity index (χ2v) is 5.46. The van der Waals surface area contributed by atoms with E-state index in [4.69, 9.17) is 5.73 Å². The van der Waals surface area contributed by atoms with Gasteiger partial charge in [0, 0.05) is 13.1 Å². The van der Waals surface area contributed by atoms with Crippen LogP contribution in [0.4, 0.5) is 0 Å². The molecule has 2 heterocycles. The summed E-state index contributed by atoms with van der Waals surface area (Å²) in [6, 6.07) is 0. The molecule has 2 rings (SSSR count). The third-order valence-corrected chi connectivity index (χ3v) is 4.37. The topological polar surface area (TPSA) is 75.4 Å². The number of carbonyl (C=O) groups excluding carboxylic acids is 2. The molecular formula is C13H24ClN3O2. The van der Waals surface area contributed by atoms with Crippen LogP contribution in [0.1, 0.15) is 39.0 Å². The molecule has 2 saturated heterocycles. The summed E-state index contributed by atoms with van der Waals surface area (Å²) in [6.45, 7) is 4.21. The Balaban J connectivity index is 0.00000180. The zero-order chi connectivity index (χ0) is 13.2. The number of primary amides is 1. The van der Waals surface area contributed by atoms with Gasteiger partial charge in [0.15, 0.2) is 0 Å². The van der Waals surface area contributed by atoms with Crippen molar-refractivity contribution >= 4 is 24.2 Å². The van der Waals surface area contributed by atoms with Crippen molar-refractivity contribution in [1.29, 1.82) is 0 Å². The Morgan fingerprint density at radius 2 is 2.16 bits per heavy atom. The zero-order valence-electron chi connectivity index (χ0n) is 11.5. The van der Waals surface area contributed by atoms with Crippen LogP contribution in [-0.2, 0) is 9.59 Å². The number of amides is 2. The van der Waals surface area contributed by atoms with Gasteiger partial charge in [0.2, 0.25) is 11.8 Å². The van der Waals surface area contributed by atoms with Gasteiger partial charge in [-0.05, 0) is 38.6 Å². The van der Waals surface area contributed by atoms with E-state index in [2.05, 4.69) is 5.32 Å². The van der Waals surface area contributed by atoms with Gasteiger partial charge < -0.3 is 16.0 Å². The highest BCUT2D eigenvalue weighted by Gasteiger charge is 2.43. The van der Waals surface area contributed by atoms with E-state index < -0.39 is 0 Å². The lowest BCUT2D eigenvalue weighted by atomic mass is 9.89. The number of likely N-dealkylation sites (tertiary alicyclic amines) is 1. The normalized spacial score (nSPS) is 30.8. The molecule has 3 N–H and O–H groups in total. The maximum absolute atomic E-state index is 12.6. The van der Waals surface area contributed by atoms with Gasteiger partial charge in [0.05, 0.1) is 11.5 Å². The lowest BCUT2D eigenvalue weighted by molar-refractivity contribution is -0.141. The minimum atomic E-state index is -0.389. The Labute approximate surface area is 120 Å². The van der Waals surface area contributed by atoms with Gasteiger partial charge in [0.25, 0.3) is 0 Å². The molecule has 2 aliphatic rings. The highest BCUT2D eigenvalue weighted by Crippen LogP contribution is 2.27. The van der Waals surface area contributed by atoms with Crippen LogP contribution in [-0.4, -0.2) is 41.9 Å². The summed E-state index contributed by atoms with van der Waals surface area (Å²) >= 11 is 0. The van der Waals surface area contributed by atoms with Gasteiger partial charge in [-0.2, -0.15) is 0 Å². The summed E-state index contributed by atoms with van der Waals surface area (Å²) in [4.78, 5) is 25.7. The van der Waals surface area contributed by atoms with E-state index in [1.165, 1.54) is 0 Å². The van der Waals surface area contributed by atoms with Crippen LogP contribution in [0, 0.1) is 5.92 Å². The molecule has 0 saturated carbocycles. The molecule has 0 radical (unpaired) electrons. The van der Waals surface area contributed by atoms with Gasteiger partial charge in [-0.15, -0.1) is 12.4 Å². The molecule has 0 aromatic carbocycles. The van der Waals surface area contributed by atoms with Crippen LogP contribution >= 0.6 is 12.4 Å². The largest absolute Gasteiger partial charge is 0.369 e. The number of rotatable bonds is 3. The quantitative estimate of drug-likeness (QED) is 0.802. The maximum atomic E-state index is 12.6. The molecule has 0 bridgehead atoms. The van der Waals surface area contributed by atoms with Crippen molar-refractivity contribution in [3.8, 4) is 0 Å². The smallest absolute Gasteiger partial charge is 0.242 e. The zero-order valence-corrected chi connectivity index (χ0v) is 12.3. The number of hydrogen-bond donors (Lipinski definition) is 2. The van der Waals surface area contributed by atoms with Crippen LogP contribution in [0.2, 0.25) is 0 Å². The van der Waals surface area contributed by atoms with E-state index >= 15 is 0 Å². The predicted molar refractivity (Wildman–Crippen MR) is 76.0 cm³/mol. The molecule has 2 amide bonds. The minimum Gasteiger partial charge on any atom is -0.369 e. The number of nitrogens with one attached hydrogen (secondary N) is 1. The summed E-state index contributed by atoms with van der Waals surface area (Å²) in [6.07, 6.45) is 4.45. The van der Waals surface area contributed by atoms with Crippen molar-refractivity contribution < 1.29 is 9.59 Å². The molecule has 0 aromatic heterocycles. The fourth-order valence-electron chi connectivity index (χ4n) is 3.14. The van der Waals surface area contributed by atoms with E-state index in [-0.39, 0.29) is 35.7 Å². The average molecular weight is 290 g/mol. The molecule has 6 heteroatoms. The first-order valence-corrected chi connectivity index (χ1v) is 6.93. The minimum absolute atomic E-state index is 0. The van der Waals surface area contributed by atoms with Crippen LogP contribution in [0.25, 0.3) is 0 Å². The summed E-state index contributed by atoms with van der Waals surface area (Å²) in [5.41, 5.74) is 4.97. The second-order valence-electron chi connectivity index (χ2n) is 5.46. The molecule has 19 heavy (non-hydrogen) atoms. The number of halogens is 1.